The van der Waals surface area contributed by atoms with Crippen LogP contribution in [0.3, 0.4) is 0 Å². The second kappa shape index (κ2) is 5.43. The minimum atomic E-state index is -3.24. The zero-order valence-corrected chi connectivity index (χ0v) is 12.1. The average molecular weight is 295 g/mol. The molecule has 1 aromatic rings. The summed E-state index contributed by atoms with van der Waals surface area (Å²) in [5.41, 5.74) is -0.710. The van der Waals surface area contributed by atoms with E-state index in [4.69, 9.17) is 4.74 Å². The lowest BCUT2D eigenvalue weighted by Gasteiger charge is -2.26. The van der Waals surface area contributed by atoms with Crippen LogP contribution >= 0.6 is 0 Å². The first kappa shape index (κ1) is 14.8. The first-order valence-electron chi connectivity index (χ1n) is 6.45. The lowest BCUT2D eigenvalue weighted by molar-refractivity contribution is 0.0793. The minimum absolute atomic E-state index is 0.0470. The van der Waals surface area contributed by atoms with Crippen LogP contribution in [-0.4, -0.2) is 31.6 Å². The largest absolute Gasteiger partial charge is 0.494 e. The zero-order valence-electron chi connectivity index (χ0n) is 11.2. The number of hydrogen-bond donors (Lipinski definition) is 1. The summed E-state index contributed by atoms with van der Waals surface area (Å²) >= 11 is 0. The predicted molar refractivity (Wildman–Crippen MR) is 73.9 cm³/mol. The van der Waals surface area contributed by atoms with Gasteiger partial charge < -0.3 is 9.84 Å². The van der Waals surface area contributed by atoms with E-state index in [1.54, 1.807) is 24.3 Å². The molecule has 0 amide bonds. The molecule has 0 saturated carbocycles. The number of ether oxygens (including phenoxy) is 1. The molecule has 1 aromatic carbocycles. The molecule has 1 N–H and O–H groups in total. The van der Waals surface area contributed by atoms with Gasteiger partial charge in [-0.3, -0.25) is 0 Å². The third kappa shape index (κ3) is 2.79. The standard InChI is InChI=1S/C14H17NO4S/c1-2-19-12-5-3-11(4-6-12)13(16)14(9-15)7-8-20(17,18)10-14/h3-6,13,16H,2,7-8,10H2,1H3. The van der Waals surface area contributed by atoms with Crippen molar-refractivity contribution in [2.75, 3.05) is 18.1 Å². The van der Waals surface area contributed by atoms with Gasteiger partial charge in [0.1, 0.15) is 11.2 Å². The van der Waals surface area contributed by atoms with Gasteiger partial charge in [0, 0.05) is 0 Å². The maximum absolute atomic E-state index is 11.6. The van der Waals surface area contributed by atoms with Crippen LogP contribution in [0.2, 0.25) is 0 Å². The molecule has 0 bridgehead atoms. The van der Waals surface area contributed by atoms with Gasteiger partial charge in [0.2, 0.25) is 0 Å². The molecule has 1 aliphatic rings. The Morgan fingerprint density at radius 2 is 2.10 bits per heavy atom. The molecule has 6 heteroatoms. The molecule has 5 nitrogen and oxygen atoms in total. The monoisotopic (exact) mass is 295 g/mol. The number of rotatable bonds is 4. The molecule has 1 fully saturated rings. The summed E-state index contributed by atoms with van der Waals surface area (Å²) in [6, 6.07) is 8.75. The minimum Gasteiger partial charge on any atom is -0.494 e. The van der Waals surface area contributed by atoms with Gasteiger partial charge in [-0.1, -0.05) is 12.1 Å². The van der Waals surface area contributed by atoms with Gasteiger partial charge in [-0.15, -0.1) is 0 Å². The van der Waals surface area contributed by atoms with E-state index in [9.17, 15) is 18.8 Å². The van der Waals surface area contributed by atoms with Crippen LogP contribution in [0.1, 0.15) is 25.0 Å². The van der Waals surface area contributed by atoms with Gasteiger partial charge in [-0.25, -0.2) is 8.42 Å². The topological polar surface area (TPSA) is 87.4 Å². The summed E-state index contributed by atoms with van der Waals surface area (Å²) in [7, 11) is -3.24. The third-order valence-corrected chi connectivity index (χ3v) is 5.37. The lowest BCUT2D eigenvalue weighted by atomic mass is 9.80. The number of aliphatic hydroxyl groups is 1. The first-order chi connectivity index (χ1) is 9.42. The summed E-state index contributed by atoms with van der Waals surface area (Å²) in [4.78, 5) is 0. The number of sulfone groups is 1. The molecule has 1 heterocycles. The Balaban J connectivity index is 2.26. The molecule has 20 heavy (non-hydrogen) atoms. The van der Waals surface area contributed by atoms with Crippen LogP contribution in [0, 0.1) is 16.7 Å². The first-order valence-corrected chi connectivity index (χ1v) is 8.27. The molecule has 0 aliphatic carbocycles. The van der Waals surface area contributed by atoms with Gasteiger partial charge in [0.05, 0.1) is 30.3 Å². The Bertz CT molecular complexity index is 618. The number of hydrogen-bond acceptors (Lipinski definition) is 5. The van der Waals surface area contributed by atoms with Crippen molar-refractivity contribution in [2.24, 2.45) is 5.41 Å². The van der Waals surface area contributed by atoms with Crippen LogP contribution < -0.4 is 4.74 Å². The van der Waals surface area contributed by atoms with Crippen molar-refractivity contribution >= 4 is 9.84 Å². The molecule has 0 spiro atoms. The normalized spacial score (nSPS) is 25.9. The van der Waals surface area contributed by atoms with Gasteiger partial charge in [0.25, 0.3) is 0 Å². The summed E-state index contributed by atoms with van der Waals surface area (Å²) < 4.78 is 28.5. The van der Waals surface area contributed by atoms with Gasteiger partial charge in [0.15, 0.2) is 9.84 Å². The quantitative estimate of drug-likeness (QED) is 0.908. The van der Waals surface area contributed by atoms with Crippen LogP contribution in [0.4, 0.5) is 0 Å². The van der Waals surface area contributed by atoms with Crippen molar-refractivity contribution < 1.29 is 18.3 Å². The van der Waals surface area contributed by atoms with Crippen molar-refractivity contribution in [3.8, 4) is 11.8 Å². The molecular formula is C14H17NO4S. The van der Waals surface area contributed by atoms with E-state index >= 15 is 0 Å². The van der Waals surface area contributed by atoms with E-state index in [0.717, 1.165) is 0 Å². The van der Waals surface area contributed by atoms with Crippen molar-refractivity contribution in [2.45, 2.75) is 19.4 Å². The summed E-state index contributed by atoms with van der Waals surface area (Å²) in [5, 5.41) is 19.7. The Morgan fingerprint density at radius 1 is 1.45 bits per heavy atom. The van der Waals surface area contributed by atoms with Gasteiger partial charge >= 0.3 is 0 Å². The van der Waals surface area contributed by atoms with Crippen LogP contribution in [0.25, 0.3) is 0 Å². The number of nitriles is 1. The Morgan fingerprint density at radius 3 is 2.55 bits per heavy atom. The fraction of sp³-hybridized carbons (Fsp3) is 0.500. The highest BCUT2D eigenvalue weighted by atomic mass is 32.2. The van der Waals surface area contributed by atoms with Crippen molar-refractivity contribution in [3.63, 3.8) is 0 Å². The molecule has 1 saturated heterocycles. The van der Waals surface area contributed by atoms with E-state index in [-0.39, 0.29) is 17.9 Å². The van der Waals surface area contributed by atoms with Gasteiger partial charge in [-0.2, -0.15) is 5.26 Å². The summed E-state index contributed by atoms with van der Waals surface area (Å²) in [6.07, 6.45) is -0.944. The highest BCUT2D eigenvalue weighted by Gasteiger charge is 2.48. The SMILES string of the molecule is CCOc1ccc(C(O)C2(C#N)CCS(=O)(=O)C2)cc1. The summed E-state index contributed by atoms with van der Waals surface area (Å²) in [5.74, 6) is 0.341. The van der Waals surface area contributed by atoms with E-state index in [1.807, 2.05) is 13.0 Å². The Hall–Kier alpha value is -1.58. The Labute approximate surface area is 118 Å². The van der Waals surface area contributed by atoms with Crippen LogP contribution in [0.5, 0.6) is 5.75 Å². The summed E-state index contributed by atoms with van der Waals surface area (Å²) in [6.45, 7) is 2.42. The fourth-order valence-corrected chi connectivity index (χ4v) is 4.44. The smallest absolute Gasteiger partial charge is 0.152 e. The maximum atomic E-state index is 11.6. The highest BCUT2D eigenvalue weighted by molar-refractivity contribution is 7.91. The second-order valence-electron chi connectivity index (χ2n) is 5.01. The van der Waals surface area contributed by atoms with E-state index < -0.39 is 21.4 Å². The zero-order chi connectivity index (χ0) is 14.8. The Kier molecular flexibility index (Phi) is 4.02. The molecular weight excluding hydrogens is 278 g/mol. The molecule has 0 aromatic heterocycles. The molecule has 2 unspecified atom stereocenters. The van der Waals surface area contributed by atoms with Crippen molar-refractivity contribution in [1.29, 1.82) is 5.26 Å². The molecule has 2 atom stereocenters. The van der Waals surface area contributed by atoms with Crippen LogP contribution in [0.15, 0.2) is 24.3 Å². The fourth-order valence-electron chi connectivity index (χ4n) is 2.47. The highest BCUT2D eigenvalue weighted by Crippen LogP contribution is 2.43. The van der Waals surface area contributed by atoms with Crippen molar-refractivity contribution in [3.05, 3.63) is 29.8 Å². The predicted octanol–water partition coefficient (Wildman–Crippen LogP) is 1.45. The molecule has 0 radical (unpaired) electrons. The second-order valence-corrected chi connectivity index (χ2v) is 7.20. The number of benzene rings is 1. The molecule has 1 aliphatic heterocycles. The molecule has 2 rings (SSSR count). The number of aliphatic hydroxyl groups excluding tert-OH is 1. The van der Waals surface area contributed by atoms with E-state index in [1.165, 1.54) is 0 Å². The molecule has 108 valence electrons. The van der Waals surface area contributed by atoms with Crippen molar-refractivity contribution in [1.82, 2.24) is 0 Å². The van der Waals surface area contributed by atoms with E-state index in [0.29, 0.717) is 17.9 Å². The van der Waals surface area contributed by atoms with Crippen LogP contribution in [-0.2, 0) is 9.84 Å². The van der Waals surface area contributed by atoms with E-state index in [2.05, 4.69) is 0 Å². The lowest BCUT2D eigenvalue weighted by Crippen LogP contribution is -2.28. The maximum Gasteiger partial charge on any atom is 0.152 e. The van der Waals surface area contributed by atoms with Gasteiger partial charge in [-0.05, 0) is 31.0 Å². The number of nitrogens with zero attached hydrogens (tertiary/aromatic N) is 1. The average Bonchev–Trinajstić information content (AvgIpc) is 2.76. The third-order valence-electron chi connectivity index (χ3n) is 3.59.